The van der Waals surface area contributed by atoms with Crippen LogP contribution in [0.3, 0.4) is 0 Å². The van der Waals surface area contributed by atoms with Gasteiger partial charge in [-0.2, -0.15) is 4.98 Å². The zero-order chi connectivity index (χ0) is 18.5. The maximum absolute atomic E-state index is 13.8. The molecule has 1 aliphatic rings. The van der Waals surface area contributed by atoms with E-state index < -0.39 is 0 Å². The Kier molecular flexibility index (Phi) is 5.50. The SMILES string of the molecule is CC(C)NC(=O)N1CCN(c2nccc(Nc3ccccc3F)n2)CC1. The third-order valence-corrected chi connectivity index (χ3v) is 4.04. The highest BCUT2D eigenvalue weighted by atomic mass is 19.1. The average Bonchev–Trinajstić information content (AvgIpc) is 2.63. The smallest absolute Gasteiger partial charge is 0.317 e. The van der Waals surface area contributed by atoms with E-state index in [2.05, 4.69) is 20.6 Å². The van der Waals surface area contributed by atoms with E-state index in [9.17, 15) is 9.18 Å². The lowest BCUT2D eigenvalue weighted by molar-refractivity contribution is 0.191. The number of nitrogens with one attached hydrogen (secondary N) is 2. The molecule has 7 nitrogen and oxygen atoms in total. The zero-order valence-electron chi connectivity index (χ0n) is 14.9. The highest BCUT2D eigenvalue weighted by Gasteiger charge is 2.23. The van der Waals surface area contributed by atoms with Crippen molar-refractivity contribution < 1.29 is 9.18 Å². The van der Waals surface area contributed by atoms with Crippen LogP contribution in [-0.4, -0.2) is 53.1 Å². The lowest BCUT2D eigenvalue weighted by Gasteiger charge is -2.35. The van der Waals surface area contributed by atoms with Crippen LogP contribution >= 0.6 is 0 Å². The second kappa shape index (κ2) is 7.99. The number of piperazine rings is 1. The molecule has 0 aliphatic carbocycles. The van der Waals surface area contributed by atoms with E-state index in [0.29, 0.717) is 43.6 Å². The lowest BCUT2D eigenvalue weighted by Crippen LogP contribution is -2.53. The number of benzene rings is 1. The summed E-state index contributed by atoms with van der Waals surface area (Å²) in [6.07, 6.45) is 1.64. The van der Waals surface area contributed by atoms with Gasteiger partial charge in [-0.15, -0.1) is 0 Å². The molecular weight excluding hydrogens is 335 g/mol. The standard InChI is InChI=1S/C18H23FN6O/c1-13(2)21-18(26)25-11-9-24(10-12-25)17-20-8-7-16(23-17)22-15-6-4-3-5-14(15)19/h3-8,13H,9-12H2,1-2H3,(H,21,26)(H,20,22,23). The predicted molar refractivity (Wildman–Crippen MR) is 99.2 cm³/mol. The van der Waals surface area contributed by atoms with Crippen molar-refractivity contribution in [1.82, 2.24) is 20.2 Å². The topological polar surface area (TPSA) is 73.4 Å². The van der Waals surface area contributed by atoms with Gasteiger partial charge in [0.1, 0.15) is 11.6 Å². The van der Waals surface area contributed by atoms with Crippen LogP contribution in [0.25, 0.3) is 0 Å². The lowest BCUT2D eigenvalue weighted by atomic mass is 10.3. The van der Waals surface area contributed by atoms with Crippen LogP contribution < -0.4 is 15.5 Å². The number of nitrogens with zero attached hydrogens (tertiary/aromatic N) is 4. The minimum Gasteiger partial charge on any atom is -0.338 e. The Balaban J connectivity index is 1.63. The number of amides is 2. The van der Waals surface area contributed by atoms with Crippen LogP contribution in [-0.2, 0) is 0 Å². The molecule has 0 spiro atoms. The highest BCUT2D eigenvalue weighted by molar-refractivity contribution is 5.74. The second-order valence-electron chi connectivity index (χ2n) is 6.43. The quantitative estimate of drug-likeness (QED) is 0.879. The second-order valence-corrected chi connectivity index (χ2v) is 6.43. The van der Waals surface area contributed by atoms with Gasteiger partial charge in [0.2, 0.25) is 5.95 Å². The summed E-state index contributed by atoms with van der Waals surface area (Å²) in [7, 11) is 0. The number of carbonyl (C=O) groups is 1. The van der Waals surface area contributed by atoms with Gasteiger partial charge in [-0.3, -0.25) is 0 Å². The number of hydrogen-bond acceptors (Lipinski definition) is 5. The number of halogens is 1. The molecule has 1 aromatic carbocycles. The minimum absolute atomic E-state index is 0.0458. The van der Waals surface area contributed by atoms with Crippen molar-refractivity contribution in [3.05, 3.63) is 42.3 Å². The van der Waals surface area contributed by atoms with Gasteiger partial charge in [0, 0.05) is 38.4 Å². The fraction of sp³-hybridized carbons (Fsp3) is 0.389. The van der Waals surface area contributed by atoms with E-state index in [1.807, 2.05) is 18.7 Å². The van der Waals surface area contributed by atoms with Crippen LogP contribution in [0.5, 0.6) is 0 Å². The molecule has 1 saturated heterocycles. The summed E-state index contributed by atoms with van der Waals surface area (Å²) in [6.45, 7) is 6.38. The van der Waals surface area contributed by atoms with E-state index in [-0.39, 0.29) is 17.9 Å². The molecule has 3 rings (SSSR count). The van der Waals surface area contributed by atoms with Crippen molar-refractivity contribution in [2.75, 3.05) is 36.4 Å². The minimum atomic E-state index is -0.336. The first kappa shape index (κ1) is 17.9. The molecular formula is C18H23FN6O. The van der Waals surface area contributed by atoms with Gasteiger partial charge >= 0.3 is 6.03 Å². The summed E-state index contributed by atoms with van der Waals surface area (Å²) in [4.78, 5) is 24.6. The average molecular weight is 358 g/mol. The van der Waals surface area contributed by atoms with Crippen molar-refractivity contribution >= 4 is 23.5 Å². The fourth-order valence-electron chi connectivity index (χ4n) is 2.72. The first-order valence-corrected chi connectivity index (χ1v) is 8.68. The Morgan fingerprint density at radius 1 is 1.15 bits per heavy atom. The Morgan fingerprint density at radius 2 is 1.88 bits per heavy atom. The van der Waals surface area contributed by atoms with Gasteiger partial charge in [0.15, 0.2) is 0 Å². The first-order chi connectivity index (χ1) is 12.5. The molecule has 2 aromatic rings. The molecule has 0 bridgehead atoms. The summed E-state index contributed by atoms with van der Waals surface area (Å²) >= 11 is 0. The van der Waals surface area contributed by atoms with E-state index in [1.165, 1.54) is 6.07 Å². The maximum atomic E-state index is 13.8. The van der Waals surface area contributed by atoms with E-state index in [1.54, 1.807) is 35.4 Å². The molecule has 1 aliphatic heterocycles. The summed E-state index contributed by atoms with van der Waals surface area (Å²) in [5.74, 6) is 0.757. The Bertz CT molecular complexity index is 761. The Hall–Kier alpha value is -2.90. The normalized spacial score (nSPS) is 14.5. The van der Waals surface area contributed by atoms with Crippen LogP contribution in [0, 0.1) is 5.82 Å². The van der Waals surface area contributed by atoms with Crippen molar-refractivity contribution in [3.63, 3.8) is 0 Å². The highest BCUT2D eigenvalue weighted by Crippen LogP contribution is 2.20. The Labute approximate surface area is 152 Å². The summed E-state index contributed by atoms with van der Waals surface area (Å²) in [5.41, 5.74) is 0.368. The molecule has 1 fully saturated rings. The van der Waals surface area contributed by atoms with Crippen LogP contribution in [0.2, 0.25) is 0 Å². The number of rotatable bonds is 4. The van der Waals surface area contributed by atoms with Crippen molar-refractivity contribution in [2.45, 2.75) is 19.9 Å². The number of carbonyl (C=O) groups excluding carboxylic acids is 1. The maximum Gasteiger partial charge on any atom is 0.317 e. The molecule has 2 amide bonds. The van der Waals surface area contributed by atoms with Gasteiger partial charge in [-0.25, -0.2) is 14.2 Å². The molecule has 8 heteroatoms. The van der Waals surface area contributed by atoms with Gasteiger partial charge in [-0.05, 0) is 32.0 Å². The van der Waals surface area contributed by atoms with Crippen LogP contribution in [0.1, 0.15) is 13.8 Å². The van der Waals surface area contributed by atoms with Gasteiger partial charge in [0.25, 0.3) is 0 Å². The van der Waals surface area contributed by atoms with E-state index in [0.717, 1.165) is 0 Å². The van der Waals surface area contributed by atoms with Gasteiger partial charge in [-0.1, -0.05) is 12.1 Å². The molecule has 0 atom stereocenters. The fourth-order valence-corrected chi connectivity index (χ4v) is 2.72. The number of anilines is 3. The van der Waals surface area contributed by atoms with Crippen molar-refractivity contribution in [2.24, 2.45) is 0 Å². The molecule has 26 heavy (non-hydrogen) atoms. The van der Waals surface area contributed by atoms with Gasteiger partial charge in [0.05, 0.1) is 5.69 Å². The molecule has 138 valence electrons. The van der Waals surface area contributed by atoms with Crippen LogP contribution in [0.15, 0.2) is 36.5 Å². The molecule has 2 heterocycles. The number of para-hydroxylation sites is 1. The summed E-state index contributed by atoms with van der Waals surface area (Å²) in [6, 6.07) is 8.22. The number of aromatic nitrogens is 2. The summed E-state index contributed by atoms with van der Waals surface area (Å²) in [5, 5.41) is 5.87. The Morgan fingerprint density at radius 3 is 2.58 bits per heavy atom. The van der Waals surface area contributed by atoms with Crippen LogP contribution in [0.4, 0.5) is 26.6 Å². The molecule has 0 unspecified atom stereocenters. The molecule has 1 aromatic heterocycles. The third-order valence-electron chi connectivity index (χ3n) is 4.04. The molecule has 2 N–H and O–H groups in total. The number of hydrogen-bond donors (Lipinski definition) is 2. The largest absolute Gasteiger partial charge is 0.338 e. The van der Waals surface area contributed by atoms with Crippen molar-refractivity contribution in [1.29, 1.82) is 0 Å². The molecule has 0 saturated carbocycles. The summed E-state index contributed by atoms with van der Waals surface area (Å²) < 4.78 is 13.8. The van der Waals surface area contributed by atoms with E-state index in [4.69, 9.17) is 0 Å². The monoisotopic (exact) mass is 358 g/mol. The zero-order valence-corrected chi connectivity index (χ0v) is 14.9. The van der Waals surface area contributed by atoms with E-state index >= 15 is 0 Å². The predicted octanol–water partition coefficient (Wildman–Crippen LogP) is 2.60. The van der Waals surface area contributed by atoms with Crippen molar-refractivity contribution in [3.8, 4) is 0 Å². The number of urea groups is 1. The molecule has 0 radical (unpaired) electrons. The third kappa shape index (κ3) is 4.38. The first-order valence-electron chi connectivity index (χ1n) is 8.68. The van der Waals surface area contributed by atoms with Gasteiger partial charge < -0.3 is 20.4 Å².